The molecule has 0 atom stereocenters. The topological polar surface area (TPSA) is 79.3 Å². The molecule has 1 fully saturated rings. The van der Waals surface area contributed by atoms with Crippen molar-refractivity contribution in [2.75, 3.05) is 0 Å². The summed E-state index contributed by atoms with van der Waals surface area (Å²) < 4.78 is 0. The van der Waals surface area contributed by atoms with E-state index >= 15 is 0 Å². The Kier molecular flexibility index (Phi) is 4.19. The van der Waals surface area contributed by atoms with E-state index in [1.807, 2.05) is 6.92 Å². The third-order valence-corrected chi connectivity index (χ3v) is 4.55. The number of hydrogen-bond donors (Lipinski definition) is 2. The van der Waals surface area contributed by atoms with Crippen LogP contribution in [0.5, 0.6) is 0 Å². The Hall–Kier alpha value is -1.43. The average Bonchev–Trinajstić information content (AvgIpc) is 2.97. The van der Waals surface area contributed by atoms with Gasteiger partial charge in [-0.2, -0.15) is 0 Å². The van der Waals surface area contributed by atoms with Crippen LogP contribution in [0, 0.1) is 12.3 Å². The Bertz CT molecular complexity index is 478. The minimum atomic E-state index is -0.840. The second-order valence-electron chi connectivity index (χ2n) is 5.09. The van der Waals surface area contributed by atoms with Gasteiger partial charge in [0.1, 0.15) is 0 Å². The van der Waals surface area contributed by atoms with Gasteiger partial charge in [-0.3, -0.25) is 9.59 Å². The molecule has 0 bridgehead atoms. The monoisotopic (exact) mass is 282 g/mol. The summed E-state index contributed by atoms with van der Waals surface area (Å²) in [6.07, 6.45) is 4.83. The molecule has 0 aliphatic heterocycles. The normalized spacial score (nSPS) is 17.3. The van der Waals surface area contributed by atoms with Gasteiger partial charge in [-0.25, -0.2) is 4.98 Å². The Morgan fingerprint density at radius 3 is 2.68 bits per heavy atom. The summed E-state index contributed by atoms with van der Waals surface area (Å²) in [5.41, 5.74) is -0.840. The van der Waals surface area contributed by atoms with E-state index in [1.54, 1.807) is 6.20 Å². The van der Waals surface area contributed by atoms with Gasteiger partial charge < -0.3 is 10.4 Å². The number of amides is 1. The van der Waals surface area contributed by atoms with Crippen LogP contribution >= 0.6 is 11.3 Å². The van der Waals surface area contributed by atoms with E-state index < -0.39 is 11.4 Å². The maximum absolute atomic E-state index is 11.9. The molecule has 0 unspecified atom stereocenters. The number of aromatic nitrogens is 1. The zero-order valence-corrected chi connectivity index (χ0v) is 11.8. The van der Waals surface area contributed by atoms with Crippen LogP contribution in [0.4, 0.5) is 0 Å². The minimum absolute atomic E-state index is 0.0835. The molecule has 1 amide bonds. The second kappa shape index (κ2) is 5.69. The molecule has 1 aromatic rings. The fraction of sp³-hybridized carbons (Fsp3) is 0.615. The lowest BCUT2D eigenvalue weighted by atomic mass is 9.82. The molecule has 5 nitrogen and oxygen atoms in total. The fourth-order valence-corrected chi connectivity index (χ4v) is 3.30. The number of rotatable bonds is 5. The number of carbonyl (C=O) groups excluding carboxylic acids is 1. The largest absolute Gasteiger partial charge is 0.481 e. The number of carboxylic acids is 1. The van der Waals surface area contributed by atoms with Gasteiger partial charge in [-0.1, -0.05) is 12.8 Å². The molecular formula is C13H18N2O3S. The van der Waals surface area contributed by atoms with E-state index in [4.69, 9.17) is 0 Å². The van der Waals surface area contributed by atoms with Crippen molar-refractivity contribution in [3.05, 3.63) is 16.1 Å². The van der Waals surface area contributed by atoms with E-state index in [2.05, 4.69) is 10.3 Å². The summed E-state index contributed by atoms with van der Waals surface area (Å²) in [4.78, 5) is 28.3. The van der Waals surface area contributed by atoms with E-state index in [0.717, 1.165) is 22.7 Å². The first kappa shape index (κ1) is 14.0. The Morgan fingerprint density at radius 1 is 1.47 bits per heavy atom. The highest BCUT2D eigenvalue weighted by molar-refractivity contribution is 7.11. The predicted octanol–water partition coefficient (Wildman–Crippen LogP) is 2.10. The number of aliphatic carboxylic acids is 1. The quantitative estimate of drug-likeness (QED) is 0.866. The van der Waals surface area contributed by atoms with Gasteiger partial charge in [0.05, 0.1) is 17.0 Å². The van der Waals surface area contributed by atoms with Crippen LogP contribution in [0.1, 0.15) is 42.0 Å². The maximum Gasteiger partial charge on any atom is 0.310 e. The number of hydrogen-bond acceptors (Lipinski definition) is 4. The Balaban J connectivity index is 1.88. The third kappa shape index (κ3) is 3.32. The number of aryl methyl sites for hydroxylation is 1. The molecule has 0 saturated heterocycles. The summed E-state index contributed by atoms with van der Waals surface area (Å²) in [5, 5.41) is 13.1. The van der Waals surface area contributed by atoms with Crippen LogP contribution in [0.2, 0.25) is 0 Å². The number of thiazole rings is 1. The first-order valence-corrected chi connectivity index (χ1v) is 7.25. The van der Waals surface area contributed by atoms with Crippen LogP contribution in [0.15, 0.2) is 6.20 Å². The number of nitrogens with one attached hydrogen (secondary N) is 1. The third-order valence-electron chi connectivity index (χ3n) is 3.64. The second-order valence-corrected chi connectivity index (χ2v) is 6.41. The van der Waals surface area contributed by atoms with E-state index in [0.29, 0.717) is 19.4 Å². The molecule has 2 N–H and O–H groups in total. The molecule has 1 aliphatic carbocycles. The average molecular weight is 282 g/mol. The summed E-state index contributed by atoms with van der Waals surface area (Å²) in [6.45, 7) is 2.34. The van der Waals surface area contributed by atoms with E-state index in [-0.39, 0.29) is 12.3 Å². The summed E-state index contributed by atoms with van der Waals surface area (Å²) >= 11 is 1.54. The maximum atomic E-state index is 11.9. The van der Waals surface area contributed by atoms with Crippen molar-refractivity contribution in [1.82, 2.24) is 10.3 Å². The SMILES string of the molecule is Cc1ncc(CNC(=O)CC2(C(=O)O)CCCC2)s1. The lowest BCUT2D eigenvalue weighted by Crippen LogP contribution is -2.35. The Labute approximate surface area is 116 Å². The standard InChI is InChI=1S/C13H18N2O3S/c1-9-14-7-10(19-9)8-15-11(16)6-13(12(17)18)4-2-3-5-13/h7H,2-6,8H2,1H3,(H,15,16)(H,17,18). The molecule has 0 aromatic carbocycles. The van der Waals surface area contributed by atoms with Gasteiger partial charge >= 0.3 is 5.97 Å². The number of carboxylic acid groups (broad SMARTS) is 1. The van der Waals surface area contributed by atoms with Crippen molar-refractivity contribution in [3.63, 3.8) is 0 Å². The highest BCUT2D eigenvalue weighted by Gasteiger charge is 2.42. The van der Waals surface area contributed by atoms with E-state index in [9.17, 15) is 14.7 Å². The molecule has 1 heterocycles. The van der Waals surface area contributed by atoms with Gasteiger partial charge in [0.2, 0.25) is 5.91 Å². The molecule has 19 heavy (non-hydrogen) atoms. The molecule has 1 aliphatic rings. The van der Waals surface area contributed by atoms with Gasteiger partial charge in [-0.05, 0) is 19.8 Å². The van der Waals surface area contributed by atoms with Gasteiger partial charge in [0.25, 0.3) is 0 Å². The van der Waals surface area contributed by atoms with Crippen LogP contribution in [-0.2, 0) is 16.1 Å². The van der Waals surface area contributed by atoms with Crippen LogP contribution in [-0.4, -0.2) is 22.0 Å². The van der Waals surface area contributed by atoms with Gasteiger partial charge in [-0.15, -0.1) is 11.3 Å². The van der Waals surface area contributed by atoms with Crippen molar-refractivity contribution in [2.24, 2.45) is 5.41 Å². The molecule has 1 aromatic heterocycles. The fourth-order valence-electron chi connectivity index (χ4n) is 2.56. The van der Waals surface area contributed by atoms with Gasteiger partial charge in [0, 0.05) is 17.5 Å². The van der Waals surface area contributed by atoms with Gasteiger partial charge in [0.15, 0.2) is 0 Å². The number of nitrogens with zero attached hydrogens (tertiary/aromatic N) is 1. The van der Waals surface area contributed by atoms with Crippen LogP contribution < -0.4 is 5.32 Å². The summed E-state index contributed by atoms with van der Waals surface area (Å²) in [6, 6.07) is 0. The number of carbonyl (C=O) groups is 2. The van der Waals surface area contributed by atoms with Crippen LogP contribution in [0.25, 0.3) is 0 Å². The first-order valence-electron chi connectivity index (χ1n) is 6.43. The zero-order valence-electron chi connectivity index (χ0n) is 10.9. The van der Waals surface area contributed by atoms with E-state index in [1.165, 1.54) is 11.3 Å². The molecule has 6 heteroatoms. The minimum Gasteiger partial charge on any atom is -0.481 e. The van der Waals surface area contributed by atoms with Crippen LogP contribution in [0.3, 0.4) is 0 Å². The summed E-state index contributed by atoms with van der Waals surface area (Å²) in [7, 11) is 0. The molecule has 2 rings (SSSR count). The first-order chi connectivity index (χ1) is 9.02. The highest BCUT2D eigenvalue weighted by Crippen LogP contribution is 2.41. The molecular weight excluding hydrogens is 264 g/mol. The Morgan fingerprint density at radius 2 is 2.16 bits per heavy atom. The molecule has 0 spiro atoms. The smallest absolute Gasteiger partial charge is 0.310 e. The highest BCUT2D eigenvalue weighted by atomic mass is 32.1. The summed E-state index contributed by atoms with van der Waals surface area (Å²) in [5.74, 6) is -1.02. The molecule has 1 saturated carbocycles. The van der Waals surface area contributed by atoms with Crippen molar-refractivity contribution < 1.29 is 14.7 Å². The molecule has 0 radical (unpaired) electrons. The lowest BCUT2D eigenvalue weighted by Gasteiger charge is -2.22. The zero-order chi connectivity index (χ0) is 13.9. The van der Waals surface area contributed by atoms with Crippen molar-refractivity contribution in [2.45, 2.75) is 45.6 Å². The lowest BCUT2D eigenvalue weighted by molar-refractivity contribution is -0.151. The van der Waals surface area contributed by atoms with Crippen molar-refractivity contribution in [1.29, 1.82) is 0 Å². The van der Waals surface area contributed by atoms with Crippen molar-refractivity contribution >= 4 is 23.2 Å². The van der Waals surface area contributed by atoms with Crippen molar-refractivity contribution in [3.8, 4) is 0 Å². The predicted molar refractivity (Wildman–Crippen MR) is 71.9 cm³/mol. The molecule has 104 valence electrons.